The lowest BCUT2D eigenvalue weighted by atomic mass is 10.2. The number of rotatable bonds is 4. The minimum atomic E-state index is -0.391. The first-order valence-corrected chi connectivity index (χ1v) is 8.12. The van der Waals surface area contributed by atoms with Crippen LogP contribution in [0.2, 0.25) is 5.02 Å². The molecule has 0 aliphatic rings. The quantitative estimate of drug-likeness (QED) is 0.720. The lowest BCUT2D eigenvalue weighted by molar-refractivity contribution is 0.102. The fourth-order valence-electron chi connectivity index (χ4n) is 2.31. The van der Waals surface area contributed by atoms with Crippen molar-refractivity contribution in [2.24, 2.45) is 0 Å². The summed E-state index contributed by atoms with van der Waals surface area (Å²) in [6.07, 6.45) is 0. The van der Waals surface area contributed by atoms with E-state index in [9.17, 15) is 4.79 Å². The van der Waals surface area contributed by atoms with E-state index in [0.29, 0.717) is 33.6 Å². The van der Waals surface area contributed by atoms with Crippen molar-refractivity contribution in [3.8, 4) is 6.07 Å². The average molecular weight is 364 g/mol. The molecule has 0 saturated heterocycles. The third-order valence-electron chi connectivity index (χ3n) is 3.46. The fourth-order valence-corrected chi connectivity index (χ4v) is 2.49. The topological polar surface area (TPSA) is 90.7 Å². The van der Waals surface area contributed by atoms with Crippen molar-refractivity contribution in [2.75, 3.05) is 10.6 Å². The molecule has 0 aliphatic carbocycles. The standard InChI is InChI=1S/C19H14ClN5O/c1-12-22-17(19(26)25-16-8-3-2-7-15(16)20)10-18(23-12)24-14-6-4-5-13(9-14)11-21/h2-10H,1H3,(H,25,26)(H,22,23,24). The van der Waals surface area contributed by atoms with Gasteiger partial charge in [-0.25, -0.2) is 9.97 Å². The van der Waals surface area contributed by atoms with Crippen LogP contribution in [0, 0.1) is 18.3 Å². The maximum Gasteiger partial charge on any atom is 0.274 e. The molecule has 7 heteroatoms. The zero-order chi connectivity index (χ0) is 18.5. The molecule has 0 atom stereocenters. The van der Waals surface area contributed by atoms with Gasteiger partial charge in [-0.05, 0) is 37.3 Å². The van der Waals surface area contributed by atoms with Gasteiger partial charge in [0.05, 0.1) is 22.3 Å². The van der Waals surface area contributed by atoms with Gasteiger partial charge in [0.2, 0.25) is 0 Å². The number of para-hydroxylation sites is 1. The van der Waals surface area contributed by atoms with Gasteiger partial charge in [-0.3, -0.25) is 4.79 Å². The average Bonchev–Trinajstić information content (AvgIpc) is 2.63. The second kappa shape index (κ2) is 7.64. The van der Waals surface area contributed by atoms with E-state index in [1.54, 1.807) is 49.4 Å². The Morgan fingerprint density at radius 2 is 1.92 bits per heavy atom. The van der Waals surface area contributed by atoms with E-state index in [4.69, 9.17) is 16.9 Å². The number of hydrogen-bond donors (Lipinski definition) is 2. The maximum absolute atomic E-state index is 12.5. The molecule has 0 aliphatic heterocycles. The van der Waals surface area contributed by atoms with E-state index < -0.39 is 5.91 Å². The Hall–Kier alpha value is -3.43. The largest absolute Gasteiger partial charge is 0.340 e. The van der Waals surface area contributed by atoms with Crippen molar-refractivity contribution >= 4 is 34.7 Å². The molecule has 0 unspecified atom stereocenters. The summed E-state index contributed by atoms with van der Waals surface area (Å²) in [5.74, 6) is 0.505. The number of carbonyl (C=O) groups excluding carboxylic acids is 1. The summed E-state index contributed by atoms with van der Waals surface area (Å²) >= 11 is 6.07. The van der Waals surface area contributed by atoms with Crippen molar-refractivity contribution in [1.82, 2.24) is 9.97 Å². The van der Waals surface area contributed by atoms with Crippen molar-refractivity contribution < 1.29 is 4.79 Å². The zero-order valence-electron chi connectivity index (χ0n) is 13.8. The Morgan fingerprint density at radius 3 is 2.69 bits per heavy atom. The molecule has 0 saturated carbocycles. The number of nitrogens with one attached hydrogen (secondary N) is 2. The lowest BCUT2D eigenvalue weighted by Gasteiger charge is -2.10. The molecule has 0 fully saturated rings. The van der Waals surface area contributed by atoms with Crippen LogP contribution >= 0.6 is 11.6 Å². The number of anilines is 3. The molecule has 2 N–H and O–H groups in total. The zero-order valence-corrected chi connectivity index (χ0v) is 14.6. The van der Waals surface area contributed by atoms with Crippen LogP contribution in [0.15, 0.2) is 54.6 Å². The van der Waals surface area contributed by atoms with Gasteiger partial charge in [-0.1, -0.05) is 29.8 Å². The maximum atomic E-state index is 12.5. The summed E-state index contributed by atoms with van der Waals surface area (Å²) < 4.78 is 0. The van der Waals surface area contributed by atoms with Gasteiger partial charge < -0.3 is 10.6 Å². The van der Waals surface area contributed by atoms with Gasteiger partial charge in [-0.2, -0.15) is 5.26 Å². The monoisotopic (exact) mass is 363 g/mol. The molecule has 1 heterocycles. The molecule has 0 radical (unpaired) electrons. The Kier molecular flexibility index (Phi) is 5.11. The summed E-state index contributed by atoms with van der Waals surface area (Å²) in [6, 6.07) is 17.6. The number of aryl methyl sites for hydroxylation is 1. The number of nitrogens with zero attached hydrogens (tertiary/aromatic N) is 3. The first-order chi connectivity index (χ1) is 12.5. The SMILES string of the molecule is Cc1nc(Nc2cccc(C#N)c2)cc(C(=O)Nc2ccccc2Cl)n1. The number of benzene rings is 2. The first kappa shape index (κ1) is 17.4. The van der Waals surface area contributed by atoms with E-state index in [1.807, 2.05) is 6.07 Å². The van der Waals surface area contributed by atoms with Crippen LogP contribution in [0.3, 0.4) is 0 Å². The van der Waals surface area contributed by atoms with Gasteiger partial charge in [0, 0.05) is 11.8 Å². The van der Waals surface area contributed by atoms with Crippen LogP contribution in [0.5, 0.6) is 0 Å². The normalized spacial score (nSPS) is 10.0. The van der Waals surface area contributed by atoms with Crippen LogP contribution in [0.1, 0.15) is 21.9 Å². The minimum absolute atomic E-state index is 0.205. The van der Waals surface area contributed by atoms with E-state index in [2.05, 4.69) is 26.7 Å². The molecule has 0 spiro atoms. The molecule has 128 valence electrons. The van der Waals surface area contributed by atoms with Crippen LogP contribution in [-0.4, -0.2) is 15.9 Å². The lowest BCUT2D eigenvalue weighted by Crippen LogP contribution is -2.15. The molecule has 3 rings (SSSR count). The smallest absolute Gasteiger partial charge is 0.274 e. The van der Waals surface area contributed by atoms with Crippen molar-refractivity contribution in [1.29, 1.82) is 5.26 Å². The minimum Gasteiger partial charge on any atom is -0.340 e. The van der Waals surface area contributed by atoms with Gasteiger partial charge in [0.1, 0.15) is 17.3 Å². The number of hydrogen-bond acceptors (Lipinski definition) is 5. The molecule has 2 aromatic carbocycles. The van der Waals surface area contributed by atoms with Crippen molar-refractivity contribution in [3.63, 3.8) is 0 Å². The second-order valence-electron chi connectivity index (χ2n) is 5.44. The molecule has 6 nitrogen and oxygen atoms in total. The van der Waals surface area contributed by atoms with Crippen LogP contribution in [0.4, 0.5) is 17.2 Å². The highest BCUT2D eigenvalue weighted by Crippen LogP contribution is 2.22. The van der Waals surface area contributed by atoms with Gasteiger partial charge in [0.15, 0.2) is 0 Å². The Balaban J connectivity index is 1.84. The third kappa shape index (κ3) is 4.15. The van der Waals surface area contributed by atoms with Gasteiger partial charge >= 0.3 is 0 Å². The number of halogens is 1. The van der Waals surface area contributed by atoms with Crippen molar-refractivity contribution in [2.45, 2.75) is 6.92 Å². The predicted molar refractivity (Wildman–Crippen MR) is 101 cm³/mol. The molecule has 26 heavy (non-hydrogen) atoms. The summed E-state index contributed by atoms with van der Waals surface area (Å²) in [7, 11) is 0. The summed E-state index contributed by atoms with van der Waals surface area (Å²) in [5, 5.41) is 15.2. The van der Waals surface area contributed by atoms with Gasteiger partial charge in [-0.15, -0.1) is 0 Å². The van der Waals surface area contributed by atoms with E-state index >= 15 is 0 Å². The predicted octanol–water partition coefficient (Wildman–Crippen LogP) is 4.31. The molecular formula is C19H14ClN5O. The van der Waals surface area contributed by atoms with Crippen LogP contribution in [-0.2, 0) is 0 Å². The fraction of sp³-hybridized carbons (Fsp3) is 0.0526. The number of amides is 1. The Bertz CT molecular complexity index is 1010. The Labute approximate surface area is 155 Å². The molecule has 1 aromatic heterocycles. The van der Waals surface area contributed by atoms with Crippen molar-refractivity contribution in [3.05, 3.63) is 76.7 Å². The second-order valence-corrected chi connectivity index (χ2v) is 5.84. The van der Waals surface area contributed by atoms with E-state index in [0.717, 1.165) is 0 Å². The highest BCUT2D eigenvalue weighted by molar-refractivity contribution is 6.33. The Morgan fingerprint density at radius 1 is 1.12 bits per heavy atom. The first-order valence-electron chi connectivity index (χ1n) is 7.74. The highest BCUT2D eigenvalue weighted by atomic mass is 35.5. The van der Waals surface area contributed by atoms with Crippen LogP contribution < -0.4 is 10.6 Å². The summed E-state index contributed by atoms with van der Waals surface area (Å²) in [6.45, 7) is 1.70. The number of nitriles is 1. The summed E-state index contributed by atoms with van der Waals surface area (Å²) in [4.78, 5) is 20.9. The number of carbonyl (C=O) groups is 1. The summed E-state index contributed by atoms with van der Waals surface area (Å²) in [5.41, 5.74) is 1.93. The molecule has 0 bridgehead atoms. The molecular weight excluding hydrogens is 350 g/mol. The van der Waals surface area contributed by atoms with E-state index in [1.165, 1.54) is 6.07 Å². The van der Waals surface area contributed by atoms with Crippen LogP contribution in [0.25, 0.3) is 0 Å². The van der Waals surface area contributed by atoms with E-state index in [-0.39, 0.29) is 5.69 Å². The number of aromatic nitrogens is 2. The van der Waals surface area contributed by atoms with Gasteiger partial charge in [0.25, 0.3) is 5.91 Å². The highest BCUT2D eigenvalue weighted by Gasteiger charge is 2.12. The molecule has 1 amide bonds. The third-order valence-corrected chi connectivity index (χ3v) is 3.79. The molecule has 3 aromatic rings.